The quantitative estimate of drug-likeness (QED) is 0.911. The Kier molecular flexibility index (Phi) is 4.06. The summed E-state index contributed by atoms with van der Waals surface area (Å²) < 4.78 is 5.53. The second-order valence-electron chi connectivity index (χ2n) is 5.58. The average molecular weight is 313 g/mol. The lowest BCUT2D eigenvalue weighted by Crippen LogP contribution is -2.29. The molecule has 3 amide bonds. The summed E-state index contributed by atoms with van der Waals surface area (Å²) in [6.07, 6.45) is 0. The SMILES string of the molecule is Cc1ccc([C@H](C)NC(=O)c2cccc(N3CCNC3=O)c2)o1. The van der Waals surface area contributed by atoms with Gasteiger partial charge in [0.25, 0.3) is 5.91 Å². The van der Waals surface area contributed by atoms with Gasteiger partial charge in [-0.15, -0.1) is 0 Å². The van der Waals surface area contributed by atoms with Crippen molar-refractivity contribution in [3.8, 4) is 0 Å². The Morgan fingerprint density at radius 1 is 1.35 bits per heavy atom. The van der Waals surface area contributed by atoms with Gasteiger partial charge in [0.2, 0.25) is 0 Å². The number of benzene rings is 1. The van der Waals surface area contributed by atoms with Gasteiger partial charge in [0.1, 0.15) is 11.5 Å². The highest BCUT2D eigenvalue weighted by molar-refractivity contribution is 5.98. The Morgan fingerprint density at radius 2 is 2.17 bits per heavy atom. The maximum Gasteiger partial charge on any atom is 0.321 e. The molecule has 0 spiro atoms. The summed E-state index contributed by atoms with van der Waals surface area (Å²) in [5, 5.41) is 5.65. The molecule has 6 heteroatoms. The van der Waals surface area contributed by atoms with Gasteiger partial charge in [0, 0.05) is 24.3 Å². The number of hydrogen-bond donors (Lipinski definition) is 2. The van der Waals surface area contributed by atoms with Crippen molar-refractivity contribution < 1.29 is 14.0 Å². The van der Waals surface area contributed by atoms with Crippen molar-refractivity contribution in [3.63, 3.8) is 0 Å². The first-order valence-corrected chi connectivity index (χ1v) is 7.57. The largest absolute Gasteiger partial charge is 0.464 e. The number of furan rings is 1. The van der Waals surface area contributed by atoms with Gasteiger partial charge >= 0.3 is 6.03 Å². The van der Waals surface area contributed by atoms with Gasteiger partial charge in [-0.25, -0.2) is 4.79 Å². The van der Waals surface area contributed by atoms with Crippen LogP contribution in [0.2, 0.25) is 0 Å². The number of hydrogen-bond acceptors (Lipinski definition) is 3. The molecule has 1 aliphatic rings. The molecule has 1 aromatic carbocycles. The molecule has 3 rings (SSSR count). The van der Waals surface area contributed by atoms with Crippen molar-refractivity contribution in [1.29, 1.82) is 0 Å². The normalized spacial score (nSPS) is 15.4. The number of aryl methyl sites for hydroxylation is 1. The second kappa shape index (κ2) is 6.16. The van der Waals surface area contributed by atoms with Crippen LogP contribution in [0.25, 0.3) is 0 Å². The van der Waals surface area contributed by atoms with Gasteiger partial charge in [0.05, 0.1) is 6.04 Å². The molecule has 6 nitrogen and oxygen atoms in total. The highest BCUT2D eigenvalue weighted by Crippen LogP contribution is 2.20. The van der Waals surface area contributed by atoms with Crippen LogP contribution in [0.5, 0.6) is 0 Å². The Hall–Kier alpha value is -2.76. The van der Waals surface area contributed by atoms with E-state index in [-0.39, 0.29) is 18.0 Å². The predicted molar refractivity (Wildman–Crippen MR) is 86.5 cm³/mol. The number of amides is 3. The van der Waals surface area contributed by atoms with E-state index in [9.17, 15) is 9.59 Å². The van der Waals surface area contributed by atoms with Crippen LogP contribution < -0.4 is 15.5 Å². The number of urea groups is 1. The summed E-state index contributed by atoms with van der Waals surface area (Å²) in [6.45, 7) is 4.95. The molecule has 0 saturated carbocycles. The van der Waals surface area contributed by atoms with E-state index in [1.54, 1.807) is 23.1 Å². The van der Waals surface area contributed by atoms with Crippen LogP contribution in [-0.2, 0) is 0 Å². The third-order valence-electron chi connectivity index (χ3n) is 3.81. The van der Waals surface area contributed by atoms with E-state index in [0.717, 1.165) is 5.76 Å². The Labute approximate surface area is 134 Å². The summed E-state index contributed by atoms with van der Waals surface area (Å²) >= 11 is 0. The minimum atomic E-state index is -0.227. The van der Waals surface area contributed by atoms with E-state index in [1.165, 1.54) is 0 Å². The minimum Gasteiger partial charge on any atom is -0.464 e. The van der Waals surface area contributed by atoms with Crippen LogP contribution in [-0.4, -0.2) is 25.0 Å². The van der Waals surface area contributed by atoms with Crippen molar-refractivity contribution in [1.82, 2.24) is 10.6 Å². The van der Waals surface area contributed by atoms with Gasteiger partial charge in [-0.2, -0.15) is 0 Å². The standard InChI is InChI=1S/C17H19N3O3/c1-11-6-7-15(23-11)12(2)19-16(21)13-4-3-5-14(10-13)20-9-8-18-17(20)22/h3-7,10,12H,8-9H2,1-2H3,(H,18,22)(H,19,21)/t12-/m0/s1. The summed E-state index contributed by atoms with van der Waals surface area (Å²) in [5.41, 5.74) is 1.23. The number of anilines is 1. The van der Waals surface area contributed by atoms with E-state index in [2.05, 4.69) is 10.6 Å². The molecule has 1 saturated heterocycles. The van der Waals surface area contributed by atoms with E-state index >= 15 is 0 Å². The zero-order valence-electron chi connectivity index (χ0n) is 13.1. The van der Waals surface area contributed by atoms with Crippen molar-refractivity contribution in [2.24, 2.45) is 0 Å². The molecule has 1 aliphatic heterocycles. The lowest BCUT2D eigenvalue weighted by molar-refractivity contribution is 0.0935. The molecule has 0 aliphatic carbocycles. The highest BCUT2D eigenvalue weighted by atomic mass is 16.3. The summed E-state index contributed by atoms with van der Waals surface area (Å²) in [4.78, 5) is 25.8. The van der Waals surface area contributed by atoms with E-state index in [1.807, 2.05) is 32.0 Å². The van der Waals surface area contributed by atoms with Gasteiger partial charge in [-0.1, -0.05) is 6.07 Å². The van der Waals surface area contributed by atoms with Crippen LogP contribution in [0, 0.1) is 6.92 Å². The van der Waals surface area contributed by atoms with Gasteiger partial charge in [-0.3, -0.25) is 9.69 Å². The van der Waals surface area contributed by atoms with Crippen molar-refractivity contribution in [2.45, 2.75) is 19.9 Å². The molecule has 0 unspecified atom stereocenters. The molecule has 2 aromatic rings. The average Bonchev–Trinajstić information content (AvgIpc) is 3.16. The summed E-state index contributed by atoms with van der Waals surface area (Å²) in [7, 11) is 0. The third kappa shape index (κ3) is 3.21. The van der Waals surface area contributed by atoms with Crippen LogP contribution in [0.1, 0.15) is 34.8 Å². The van der Waals surface area contributed by atoms with Crippen LogP contribution in [0.4, 0.5) is 10.5 Å². The van der Waals surface area contributed by atoms with E-state index in [0.29, 0.717) is 30.1 Å². The Morgan fingerprint density at radius 3 is 2.83 bits per heavy atom. The molecule has 23 heavy (non-hydrogen) atoms. The molecule has 1 fully saturated rings. The van der Waals surface area contributed by atoms with Crippen molar-refractivity contribution >= 4 is 17.6 Å². The minimum absolute atomic E-state index is 0.137. The van der Waals surface area contributed by atoms with E-state index < -0.39 is 0 Å². The lowest BCUT2D eigenvalue weighted by Gasteiger charge is -2.16. The molecule has 0 radical (unpaired) electrons. The summed E-state index contributed by atoms with van der Waals surface area (Å²) in [5.74, 6) is 1.32. The van der Waals surface area contributed by atoms with Crippen molar-refractivity contribution in [2.75, 3.05) is 18.0 Å². The predicted octanol–water partition coefficient (Wildman–Crippen LogP) is 2.61. The highest BCUT2D eigenvalue weighted by Gasteiger charge is 2.22. The van der Waals surface area contributed by atoms with E-state index in [4.69, 9.17) is 4.42 Å². The number of carbonyl (C=O) groups excluding carboxylic acids is 2. The zero-order chi connectivity index (χ0) is 16.4. The topological polar surface area (TPSA) is 74.6 Å². The maximum atomic E-state index is 12.4. The zero-order valence-corrected chi connectivity index (χ0v) is 13.1. The fourth-order valence-electron chi connectivity index (χ4n) is 2.57. The molecule has 1 aromatic heterocycles. The first-order chi connectivity index (χ1) is 11.0. The smallest absolute Gasteiger partial charge is 0.321 e. The molecule has 2 N–H and O–H groups in total. The number of carbonyl (C=O) groups is 2. The Bertz CT molecular complexity index is 738. The van der Waals surface area contributed by atoms with Gasteiger partial charge in [-0.05, 0) is 44.2 Å². The first kappa shape index (κ1) is 15.1. The molecular formula is C17H19N3O3. The molecule has 1 atom stereocenters. The van der Waals surface area contributed by atoms with Crippen LogP contribution in [0.15, 0.2) is 40.8 Å². The molecule has 120 valence electrons. The van der Waals surface area contributed by atoms with Crippen molar-refractivity contribution in [3.05, 3.63) is 53.5 Å². The number of nitrogens with zero attached hydrogens (tertiary/aromatic N) is 1. The molecule has 0 bridgehead atoms. The van der Waals surface area contributed by atoms with Gasteiger partial charge < -0.3 is 15.1 Å². The summed E-state index contributed by atoms with van der Waals surface area (Å²) in [6, 6.07) is 10.4. The number of rotatable bonds is 4. The lowest BCUT2D eigenvalue weighted by atomic mass is 10.1. The van der Waals surface area contributed by atoms with Crippen LogP contribution in [0.3, 0.4) is 0 Å². The fraction of sp³-hybridized carbons (Fsp3) is 0.294. The third-order valence-corrected chi connectivity index (χ3v) is 3.81. The Balaban J connectivity index is 1.73. The first-order valence-electron chi connectivity index (χ1n) is 7.57. The monoisotopic (exact) mass is 313 g/mol. The van der Waals surface area contributed by atoms with Gasteiger partial charge in [0.15, 0.2) is 0 Å². The molecule has 2 heterocycles. The fourth-order valence-corrected chi connectivity index (χ4v) is 2.57. The van der Waals surface area contributed by atoms with Crippen LogP contribution >= 0.6 is 0 Å². The maximum absolute atomic E-state index is 12.4. The second-order valence-corrected chi connectivity index (χ2v) is 5.58. The number of nitrogens with one attached hydrogen (secondary N) is 2. The molecular weight excluding hydrogens is 294 g/mol.